The topological polar surface area (TPSA) is 67.6 Å². The molecule has 1 saturated heterocycles. The summed E-state index contributed by atoms with van der Waals surface area (Å²) in [5.74, 6) is -0.179. The van der Waals surface area contributed by atoms with E-state index in [9.17, 15) is 9.90 Å². The second-order valence-electron chi connectivity index (χ2n) is 10.2. The number of ether oxygens (including phenoxy) is 1. The molecule has 1 unspecified atom stereocenters. The van der Waals surface area contributed by atoms with Gasteiger partial charge in [-0.25, -0.2) is 0 Å². The van der Waals surface area contributed by atoms with Crippen molar-refractivity contribution in [3.05, 3.63) is 131 Å². The van der Waals surface area contributed by atoms with Gasteiger partial charge in [-0.15, -0.1) is 0 Å². The standard InChI is InChI=1S/C34H37N3O3/c1-2-40-33(39)19-12-22-37-24-20-31(35-37)25-27-26-36(23-21-32(27)38)34(28-13-6-3-7-14-28,29-15-8-4-9-16-29)30-17-10-5-11-18-30/h3-11,13-18,20,24-25,32,38H,2,12,19,21-23,26H2,1H3/b27-25+. The van der Waals surface area contributed by atoms with Crippen LogP contribution < -0.4 is 0 Å². The smallest absolute Gasteiger partial charge is 0.305 e. The maximum Gasteiger partial charge on any atom is 0.305 e. The predicted molar refractivity (Wildman–Crippen MR) is 157 cm³/mol. The van der Waals surface area contributed by atoms with Gasteiger partial charge < -0.3 is 9.84 Å². The molecule has 0 amide bonds. The number of hydrogen-bond acceptors (Lipinski definition) is 5. The summed E-state index contributed by atoms with van der Waals surface area (Å²) in [6.45, 7) is 4.18. The Kier molecular flexibility index (Phi) is 8.89. The van der Waals surface area contributed by atoms with Crippen molar-refractivity contribution in [1.29, 1.82) is 0 Å². The third kappa shape index (κ3) is 5.93. The van der Waals surface area contributed by atoms with Crippen LogP contribution in [0, 0.1) is 0 Å². The number of rotatable bonds is 10. The lowest BCUT2D eigenvalue weighted by Crippen LogP contribution is -2.52. The Labute approximate surface area is 236 Å². The lowest BCUT2D eigenvalue weighted by Gasteiger charge is -2.48. The maximum atomic E-state index is 11.7. The van der Waals surface area contributed by atoms with Crippen molar-refractivity contribution in [2.45, 2.75) is 44.4 Å². The van der Waals surface area contributed by atoms with Crippen LogP contribution in [0.5, 0.6) is 0 Å². The van der Waals surface area contributed by atoms with Crippen LogP contribution in [0.15, 0.2) is 109 Å². The third-order valence-electron chi connectivity index (χ3n) is 7.59. The molecule has 5 rings (SSSR count). The summed E-state index contributed by atoms with van der Waals surface area (Å²) in [5.41, 5.74) is 4.78. The highest BCUT2D eigenvalue weighted by Crippen LogP contribution is 2.44. The fourth-order valence-electron chi connectivity index (χ4n) is 5.77. The van der Waals surface area contributed by atoms with E-state index in [4.69, 9.17) is 9.84 Å². The van der Waals surface area contributed by atoms with E-state index in [1.807, 2.05) is 29.9 Å². The molecule has 4 aromatic rings. The van der Waals surface area contributed by atoms with E-state index < -0.39 is 11.6 Å². The molecule has 1 aliphatic heterocycles. The number of piperidine rings is 1. The Morgan fingerprint density at radius 2 is 1.52 bits per heavy atom. The number of nitrogens with zero attached hydrogens (tertiary/aromatic N) is 3. The molecule has 3 aromatic carbocycles. The largest absolute Gasteiger partial charge is 0.466 e. The number of aliphatic hydroxyl groups is 1. The van der Waals surface area contributed by atoms with E-state index >= 15 is 0 Å². The van der Waals surface area contributed by atoms with Crippen molar-refractivity contribution in [3.63, 3.8) is 0 Å². The predicted octanol–water partition coefficient (Wildman–Crippen LogP) is 5.67. The quantitative estimate of drug-likeness (QED) is 0.209. The lowest BCUT2D eigenvalue weighted by atomic mass is 9.74. The molecular formula is C34H37N3O3. The number of aryl methyl sites for hydroxylation is 1. The number of esters is 1. The molecular weight excluding hydrogens is 498 g/mol. The molecule has 1 aliphatic rings. The minimum atomic E-state index is -0.537. The highest BCUT2D eigenvalue weighted by atomic mass is 16.5. The van der Waals surface area contributed by atoms with Gasteiger partial charge in [0.25, 0.3) is 0 Å². The molecule has 0 bridgehead atoms. The number of hydrogen-bond donors (Lipinski definition) is 1. The zero-order valence-electron chi connectivity index (χ0n) is 23.0. The number of carbonyl (C=O) groups is 1. The highest BCUT2D eigenvalue weighted by Gasteiger charge is 2.44. The molecule has 0 radical (unpaired) electrons. The summed E-state index contributed by atoms with van der Waals surface area (Å²) in [6, 6.07) is 33.9. The van der Waals surface area contributed by atoms with Gasteiger partial charge in [-0.1, -0.05) is 91.0 Å². The SMILES string of the molecule is CCOC(=O)CCCn1ccc(/C=C2\CN(C(c3ccccc3)(c3ccccc3)c3ccccc3)CCC2O)n1. The summed E-state index contributed by atoms with van der Waals surface area (Å²) in [4.78, 5) is 14.2. The van der Waals surface area contributed by atoms with E-state index in [1.54, 1.807) is 0 Å². The zero-order valence-corrected chi connectivity index (χ0v) is 23.0. The molecule has 206 valence electrons. The van der Waals surface area contributed by atoms with Crippen LogP contribution in [0.3, 0.4) is 0 Å². The summed E-state index contributed by atoms with van der Waals surface area (Å²) in [7, 11) is 0. The molecule has 6 heteroatoms. The second kappa shape index (κ2) is 12.9. The molecule has 1 fully saturated rings. The molecule has 1 aromatic heterocycles. The number of likely N-dealkylation sites (tertiary alicyclic amines) is 1. The van der Waals surface area contributed by atoms with E-state index in [-0.39, 0.29) is 5.97 Å². The van der Waals surface area contributed by atoms with E-state index in [1.165, 1.54) is 16.7 Å². The van der Waals surface area contributed by atoms with Gasteiger partial charge in [0, 0.05) is 32.3 Å². The Bertz CT molecular complexity index is 1300. The first-order chi connectivity index (χ1) is 19.6. The van der Waals surface area contributed by atoms with Crippen molar-refractivity contribution in [3.8, 4) is 0 Å². The van der Waals surface area contributed by atoms with Gasteiger partial charge in [-0.05, 0) is 54.2 Å². The fourth-order valence-corrected chi connectivity index (χ4v) is 5.77. The molecule has 2 heterocycles. The van der Waals surface area contributed by atoms with Crippen LogP contribution in [0.2, 0.25) is 0 Å². The number of benzene rings is 3. The van der Waals surface area contributed by atoms with Crippen LogP contribution in [0.4, 0.5) is 0 Å². The maximum absolute atomic E-state index is 11.7. The zero-order chi connectivity index (χ0) is 27.8. The molecule has 0 aliphatic carbocycles. The van der Waals surface area contributed by atoms with E-state index in [0.717, 1.165) is 17.8 Å². The van der Waals surface area contributed by atoms with Gasteiger partial charge in [0.2, 0.25) is 0 Å². The third-order valence-corrected chi connectivity index (χ3v) is 7.59. The first-order valence-corrected chi connectivity index (χ1v) is 14.1. The molecule has 1 atom stereocenters. The summed E-state index contributed by atoms with van der Waals surface area (Å²) < 4.78 is 6.87. The normalized spacial score (nSPS) is 17.1. The van der Waals surface area contributed by atoms with Crippen molar-refractivity contribution in [1.82, 2.24) is 14.7 Å². The number of aromatic nitrogens is 2. The minimum Gasteiger partial charge on any atom is -0.466 e. The fraction of sp³-hybridized carbons (Fsp3) is 0.294. The van der Waals surface area contributed by atoms with Gasteiger partial charge in [-0.2, -0.15) is 5.10 Å². The van der Waals surface area contributed by atoms with Gasteiger partial charge in [0.05, 0.1) is 23.9 Å². The van der Waals surface area contributed by atoms with Gasteiger partial charge >= 0.3 is 5.97 Å². The monoisotopic (exact) mass is 535 g/mol. The molecule has 1 N–H and O–H groups in total. The average molecular weight is 536 g/mol. The molecule has 0 saturated carbocycles. The van der Waals surface area contributed by atoms with Crippen LogP contribution in [-0.2, 0) is 21.6 Å². The molecule has 0 spiro atoms. The minimum absolute atomic E-state index is 0.179. The summed E-state index contributed by atoms with van der Waals surface area (Å²) in [6.07, 6.45) is 5.07. The first-order valence-electron chi connectivity index (χ1n) is 14.1. The second-order valence-corrected chi connectivity index (χ2v) is 10.2. The lowest BCUT2D eigenvalue weighted by molar-refractivity contribution is -0.143. The molecule has 40 heavy (non-hydrogen) atoms. The Balaban J connectivity index is 1.48. The summed E-state index contributed by atoms with van der Waals surface area (Å²) in [5, 5.41) is 15.8. The number of aliphatic hydroxyl groups excluding tert-OH is 1. The highest BCUT2D eigenvalue weighted by molar-refractivity contribution is 5.69. The van der Waals surface area contributed by atoms with Gasteiger partial charge in [-0.3, -0.25) is 14.4 Å². The van der Waals surface area contributed by atoms with E-state index in [2.05, 4.69) is 95.9 Å². The van der Waals surface area contributed by atoms with Crippen molar-refractivity contribution < 1.29 is 14.6 Å². The Morgan fingerprint density at radius 3 is 2.08 bits per heavy atom. The van der Waals surface area contributed by atoms with Gasteiger partial charge in [0.15, 0.2) is 0 Å². The van der Waals surface area contributed by atoms with Crippen molar-refractivity contribution in [2.75, 3.05) is 19.7 Å². The Morgan fingerprint density at radius 1 is 0.950 bits per heavy atom. The van der Waals surface area contributed by atoms with Gasteiger partial charge in [0.1, 0.15) is 0 Å². The number of carbonyl (C=O) groups excluding carboxylic acids is 1. The van der Waals surface area contributed by atoms with Crippen molar-refractivity contribution >= 4 is 12.0 Å². The van der Waals surface area contributed by atoms with Crippen LogP contribution in [0.25, 0.3) is 6.08 Å². The van der Waals surface area contributed by atoms with Crippen molar-refractivity contribution in [2.24, 2.45) is 0 Å². The first kappa shape index (κ1) is 27.6. The van der Waals surface area contributed by atoms with Crippen LogP contribution in [0.1, 0.15) is 48.6 Å². The molecule has 6 nitrogen and oxygen atoms in total. The van der Waals surface area contributed by atoms with Crippen LogP contribution in [-0.4, -0.2) is 51.6 Å². The van der Waals surface area contributed by atoms with E-state index in [0.29, 0.717) is 39.0 Å². The average Bonchev–Trinajstić information content (AvgIpc) is 3.44. The summed E-state index contributed by atoms with van der Waals surface area (Å²) >= 11 is 0. The van der Waals surface area contributed by atoms with Crippen LogP contribution >= 0.6 is 0 Å². The Hall–Kier alpha value is -4.00.